The smallest absolute Gasteiger partial charge is 0.338 e. The van der Waals surface area contributed by atoms with Gasteiger partial charge in [0.05, 0.1) is 17.7 Å². The number of nitrogens with one attached hydrogen (secondary N) is 1. The molecule has 0 bridgehead atoms. The number of ether oxygens (including phenoxy) is 1. The standard InChI is InChI=1S/C23H24N2O4/c1-4-12-29-23(28)17-8-10-18(11-9-17)24-20(26)14-25-21(27)13-16(3)19-7-5-6-15(2)22(19)25/h5-11,13H,4,12,14H2,1-3H3,(H,24,26). The van der Waals surface area contributed by atoms with Crippen LogP contribution in [0.1, 0.15) is 34.8 Å². The number of fused-ring (bicyclic) bond motifs is 1. The maximum atomic E-state index is 12.6. The number of hydrogen-bond donors (Lipinski definition) is 1. The highest BCUT2D eigenvalue weighted by Gasteiger charge is 2.13. The molecule has 0 aliphatic rings. The molecule has 0 spiro atoms. The average molecular weight is 392 g/mol. The molecule has 150 valence electrons. The van der Waals surface area contributed by atoms with Crippen molar-refractivity contribution in [3.63, 3.8) is 0 Å². The van der Waals surface area contributed by atoms with E-state index in [9.17, 15) is 14.4 Å². The van der Waals surface area contributed by atoms with Gasteiger partial charge in [-0.15, -0.1) is 0 Å². The molecule has 0 aliphatic heterocycles. The Hall–Kier alpha value is -3.41. The van der Waals surface area contributed by atoms with Crippen LogP contribution < -0.4 is 10.9 Å². The topological polar surface area (TPSA) is 77.4 Å². The Morgan fingerprint density at radius 3 is 2.45 bits per heavy atom. The number of nitrogens with zero attached hydrogens (tertiary/aromatic N) is 1. The maximum Gasteiger partial charge on any atom is 0.338 e. The highest BCUT2D eigenvalue weighted by molar-refractivity contribution is 5.94. The lowest BCUT2D eigenvalue weighted by atomic mass is 10.1. The van der Waals surface area contributed by atoms with Crippen LogP contribution in [0.4, 0.5) is 5.69 Å². The Labute approximate surface area is 169 Å². The molecule has 1 heterocycles. The van der Waals surface area contributed by atoms with Crippen LogP contribution >= 0.6 is 0 Å². The van der Waals surface area contributed by atoms with Gasteiger partial charge < -0.3 is 10.1 Å². The molecule has 2 aromatic carbocycles. The van der Waals surface area contributed by atoms with E-state index in [-0.39, 0.29) is 18.0 Å². The van der Waals surface area contributed by atoms with E-state index in [4.69, 9.17) is 4.74 Å². The molecule has 0 radical (unpaired) electrons. The van der Waals surface area contributed by atoms with Gasteiger partial charge in [0.25, 0.3) is 5.56 Å². The number of para-hydroxylation sites is 1. The quantitative estimate of drug-likeness (QED) is 0.647. The number of rotatable bonds is 6. The van der Waals surface area contributed by atoms with Gasteiger partial charge in [-0.3, -0.25) is 14.2 Å². The zero-order valence-corrected chi connectivity index (χ0v) is 16.8. The van der Waals surface area contributed by atoms with Gasteiger partial charge in [-0.05, 0) is 55.7 Å². The number of aryl methyl sites for hydroxylation is 2. The van der Waals surface area contributed by atoms with E-state index in [1.54, 1.807) is 30.3 Å². The van der Waals surface area contributed by atoms with Gasteiger partial charge in [-0.1, -0.05) is 25.1 Å². The first-order chi connectivity index (χ1) is 13.9. The van der Waals surface area contributed by atoms with Crippen molar-refractivity contribution in [2.24, 2.45) is 0 Å². The van der Waals surface area contributed by atoms with Crippen LogP contribution in [-0.2, 0) is 16.1 Å². The van der Waals surface area contributed by atoms with Gasteiger partial charge in [0, 0.05) is 17.1 Å². The number of aromatic nitrogens is 1. The molecule has 1 aromatic heterocycles. The summed E-state index contributed by atoms with van der Waals surface area (Å²) in [6.45, 7) is 6.01. The van der Waals surface area contributed by atoms with Crippen LogP contribution in [0.5, 0.6) is 0 Å². The van der Waals surface area contributed by atoms with Crippen LogP contribution in [-0.4, -0.2) is 23.1 Å². The summed E-state index contributed by atoms with van der Waals surface area (Å²) in [4.78, 5) is 37.0. The molecule has 6 nitrogen and oxygen atoms in total. The minimum absolute atomic E-state index is 0.0965. The lowest BCUT2D eigenvalue weighted by Crippen LogP contribution is -2.28. The molecule has 0 fully saturated rings. The summed E-state index contributed by atoms with van der Waals surface area (Å²) in [6, 6.07) is 13.8. The predicted molar refractivity (Wildman–Crippen MR) is 113 cm³/mol. The number of pyridine rings is 1. The predicted octanol–water partition coefficient (Wildman–Crippen LogP) is 3.82. The van der Waals surface area contributed by atoms with E-state index >= 15 is 0 Å². The van der Waals surface area contributed by atoms with Gasteiger partial charge in [0.1, 0.15) is 6.54 Å². The monoisotopic (exact) mass is 392 g/mol. The lowest BCUT2D eigenvalue weighted by molar-refractivity contribution is -0.116. The molecule has 0 aliphatic carbocycles. The molecule has 0 saturated carbocycles. The van der Waals surface area contributed by atoms with Gasteiger partial charge >= 0.3 is 5.97 Å². The summed E-state index contributed by atoms with van der Waals surface area (Å²) in [5.41, 5.74) is 3.34. The zero-order chi connectivity index (χ0) is 21.0. The summed E-state index contributed by atoms with van der Waals surface area (Å²) in [5, 5.41) is 3.73. The first-order valence-corrected chi connectivity index (χ1v) is 9.57. The molecule has 1 amide bonds. The Kier molecular flexibility index (Phi) is 6.12. The lowest BCUT2D eigenvalue weighted by Gasteiger charge is -2.14. The molecule has 6 heteroatoms. The number of carbonyl (C=O) groups is 2. The van der Waals surface area contributed by atoms with Crippen LogP contribution in [0, 0.1) is 13.8 Å². The van der Waals surface area contributed by atoms with Crippen molar-refractivity contribution in [2.75, 3.05) is 11.9 Å². The molecule has 3 aromatic rings. The van der Waals surface area contributed by atoms with Gasteiger partial charge in [-0.25, -0.2) is 4.79 Å². The van der Waals surface area contributed by atoms with Crippen molar-refractivity contribution >= 4 is 28.5 Å². The fourth-order valence-corrected chi connectivity index (χ4v) is 3.26. The number of hydrogen-bond acceptors (Lipinski definition) is 4. The van der Waals surface area contributed by atoms with Crippen LogP contribution in [0.3, 0.4) is 0 Å². The third kappa shape index (κ3) is 4.54. The third-order valence-corrected chi connectivity index (χ3v) is 4.68. The Morgan fingerprint density at radius 1 is 1.03 bits per heavy atom. The Morgan fingerprint density at radius 2 is 1.76 bits per heavy atom. The summed E-state index contributed by atoms with van der Waals surface area (Å²) >= 11 is 0. The average Bonchev–Trinajstić information content (AvgIpc) is 2.70. The van der Waals surface area contributed by atoms with Crippen molar-refractivity contribution in [1.82, 2.24) is 4.57 Å². The second kappa shape index (κ2) is 8.73. The van der Waals surface area contributed by atoms with Crippen LogP contribution in [0.25, 0.3) is 10.9 Å². The summed E-state index contributed by atoms with van der Waals surface area (Å²) in [5.74, 6) is -0.709. The van der Waals surface area contributed by atoms with Crippen molar-refractivity contribution in [1.29, 1.82) is 0 Å². The molecule has 0 atom stereocenters. The molecular weight excluding hydrogens is 368 g/mol. The molecule has 0 saturated heterocycles. The van der Waals surface area contributed by atoms with Crippen molar-refractivity contribution < 1.29 is 14.3 Å². The van der Waals surface area contributed by atoms with Gasteiger partial charge in [-0.2, -0.15) is 0 Å². The van der Waals surface area contributed by atoms with Gasteiger partial charge in [0.15, 0.2) is 0 Å². The number of carbonyl (C=O) groups excluding carboxylic acids is 2. The number of benzene rings is 2. The first kappa shape index (κ1) is 20.3. The van der Waals surface area contributed by atoms with E-state index in [0.29, 0.717) is 17.9 Å². The molecule has 3 rings (SSSR count). The largest absolute Gasteiger partial charge is 0.462 e. The summed E-state index contributed by atoms with van der Waals surface area (Å²) in [6.07, 6.45) is 0.756. The normalized spacial score (nSPS) is 10.7. The summed E-state index contributed by atoms with van der Waals surface area (Å²) < 4.78 is 6.58. The molecule has 29 heavy (non-hydrogen) atoms. The number of amides is 1. The van der Waals surface area contributed by atoms with Crippen LogP contribution in [0.15, 0.2) is 53.3 Å². The molecular formula is C23H24N2O4. The first-order valence-electron chi connectivity index (χ1n) is 9.57. The Bertz CT molecular complexity index is 1110. The highest BCUT2D eigenvalue weighted by atomic mass is 16.5. The number of esters is 1. The van der Waals surface area contributed by atoms with Gasteiger partial charge in [0.2, 0.25) is 5.91 Å². The van der Waals surface area contributed by atoms with Crippen molar-refractivity contribution in [2.45, 2.75) is 33.7 Å². The SMILES string of the molecule is CCCOC(=O)c1ccc(NC(=O)Cn2c(=O)cc(C)c3cccc(C)c32)cc1. The van der Waals surface area contributed by atoms with Crippen molar-refractivity contribution in [3.05, 3.63) is 75.6 Å². The highest BCUT2D eigenvalue weighted by Crippen LogP contribution is 2.20. The summed E-state index contributed by atoms with van der Waals surface area (Å²) in [7, 11) is 0. The number of anilines is 1. The van der Waals surface area contributed by atoms with Crippen molar-refractivity contribution in [3.8, 4) is 0 Å². The fraction of sp³-hybridized carbons (Fsp3) is 0.261. The second-order valence-electron chi connectivity index (χ2n) is 6.98. The maximum absolute atomic E-state index is 12.6. The van der Waals surface area contributed by atoms with E-state index in [1.807, 2.05) is 39.0 Å². The van der Waals surface area contributed by atoms with E-state index in [2.05, 4.69) is 5.32 Å². The third-order valence-electron chi connectivity index (χ3n) is 4.68. The fourth-order valence-electron chi connectivity index (χ4n) is 3.26. The molecule has 0 unspecified atom stereocenters. The van der Waals surface area contributed by atoms with E-state index in [0.717, 1.165) is 28.5 Å². The van der Waals surface area contributed by atoms with E-state index in [1.165, 1.54) is 4.57 Å². The van der Waals surface area contributed by atoms with E-state index < -0.39 is 5.97 Å². The minimum Gasteiger partial charge on any atom is -0.462 e. The zero-order valence-electron chi connectivity index (χ0n) is 16.8. The molecule has 1 N–H and O–H groups in total. The minimum atomic E-state index is -0.391. The second-order valence-corrected chi connectivity index (χ2v) is 6.98. The van der Waals surface area contributed by atoms with Crippen LogP contribution in [0.2, 0.25) is 0 Å². The Balaban J connectivity index is 1.78.